The minimum absolute atomic E-state index is 0. The van der Waals surface area contributed by atoms with E-state index in [1.807, 2.05) is 18.0 Å². The highest BCUT2D eigenvalue weighted by Crippen LogP contribution is 2.39. The molecule has 1 fully saturated rings. The van der Waals surface area contributed by atoms with E-state index in [0.29, 0.717) is 38.1 Å². The molecule has 0 radical (unpaired) electrons. The number of amides is 1. The second-order valence-corrected chi connectivity index (χ2v) is 5.86. The number of nitrogens with two attached hydrogens (primary N) is 1. The van der Waals surface area contributed by atoms with Gasteiger partial charge in [0.2, 0.25) is 0 Å². The van der Waals surface area contributed by atoms with Crippen molar-refractivity contribution in [2.45, 2.75) is 25.4 Å². The van der Waals surface area contributed by atoms with E-state index in [0.717, 1.165) is 5.69 Å². The molecule has 132 valence electrons. The van der Waals surface area contributed by atoms with E-state index in [-0.39, 0.29) is 30.2 Å². The van der Waals surface area contributed by atoms with Gasteiger partial charge < -0.3 is 20.3 Å². The van der Waals surface area contributed by atoms with Crippen molar-refractivity contribution >= 4 is 30.0 Å². The Hall–Kier alpha value is -2.02. The molecule has 1 spiro atoms. The molecule has 2 aliphatic heterocycles. The molecule has 2 aliphatic rings. The Morgan fingerprint density at radius 1 is 1.42 bits per heavy atom. The molecule has 24 heavy (non-hydrogen) atoms. The van der Waals surface area contributed by atoms with Crippen LogP contribution in [-0.4, -0.2) is 49.2 Å². The molecule has 8 heteroatoms. The molecule has 0 unspecified atom stereocenters. The summed E-state index contributed by atoms with van der Waals surface area (Å²) >= 11 is 0. The third-order valence-corrected chi connectivity index (χ3v) is 4.65. The van der Waals surface area contributed by atoms with Crippen LogP contribution in [0.2, 0.25) is 0 Å². The Morgan fingerprint density at radius 2 is 2.08 bits per heavy atom. The zero-order valence-electron chi connectivity index (χ0n) is 13.8. The fourth-order valence-corrected chi connectivity index (χ4v) is 3.33. The summed E-state index contributed by atoms with van der Waals surface area (Å²) in [4.78, 5) is 20.1. The summed E-state index contributed by atoms with van der Waals surface area (Å²) in [6, 6.07) is 4.90. The number of rotatable bonds is 1. The van der Waals surface area contributed by atoms with Gasteiger partial charge in [-0.15, -0.1) is 12.4 Å². The molecule has 1 aromatic rings. The summed E-state index contributed by atoms with van der Waals surface area (Å²) < 4.78 is 19.1. The van der Waals surface area contributed by atoms with Gasteiger partial charge >= 0.3 is 6.09 Å². The molecule has 0 aromatic heterocycles. The number of benzene rings is 1. The van der Waals surface area contributed by atoms with Crippen molar-refractivity contribution in [3.05, 3.63) is 29.6 Å². The number of carbonyl (C=O) groups is 1. The Balaban J connectivity index is 0.00000208. The van der Waals surface area contributed by atoms with Crippen molar-refractivity contribution in [1.29, 1.82) is 0 Å². The van der Waals surface area contributed by atoms with Crippen molar-refractivity contribution in [2.24, 2.45) is 10.7 Å². The SMILES string of the molecule is CCOC(=O)N1CCC2(CC1)N=C(N)c1c(F)cccc1N2C.Cl. The predicted molar refractivity (Wildman–Crippen MR) is 93.3 cm³/mol. The van der Waals surface area contributed by atoms with Gasteiger partial charge in [-0.05, 0) is 19.1 Å². The number of nitrogens with zero attached hydrogens (tertiary/aromatic N) is 3. The maximum atomic E-state index is 14.0. The quantitative estimate of drug-likeness (QED) is 0.838. The third-order valence-electron chi connectivity index (χ3n) is 4.65. The molecule has 6 nitrogen and oxygen atoms in total. The molecule has 2 N–H and O–H groups in total. The largest absolute Gasteiger partial charge is 0.450 e. The molecule has 1 saturated heterocycles. The fraction of sp³-hybridized carbons (Fsp3) is 0.500. The zero-order valence-corrected chi connectivity index (χ0v) is 14.6. The number of piperidine rings is 1. The Morgan fingerprint density at radius 3 is 2.71 bits per heavy atom. The number of hydrogen-bond acceptors (Lipinski definition) is 5. The van der Waals surface area contributed by atoms with Gasteiger partial charge in [0.05, 0.1) is 17.9 Å². The third kappa shape index (κ3) is 2.88. The number of fused-ring (bicyclic) bond motifs is 1. The molecule has 0 bridgehead atoms. The lowest BCUT2D eigenvalue weighted by atomic mass is 9.92. The van der Waals surface area contributed by atoms with E-state index < -0.39 is 5.66 Å². The lowest BCUT2D eigenvalue weighted by Gasteiger charge is -2.48. The number of aliphatic imine (C=N–C) groups is 1. The van der Waals surface area contributed by atoms with Gasteiger partial charge in [0.25, 0.3) is 0 Å². The number of anilines is 1. The van der Waals surface area contributed by atoms with Crippen LogP contribution < -0.4 is 10.6 Å². The van der Waals surface area contributed by atoms with Crippen molar-refractivity contribution < 1.29 is 13.9 Å². The van der Waals surface area contributed by atoms with Crippen LogP contribution in [0.25, 0.3) is 0 Å². The highest BCUT2D eigenvalue weighted by atomic mass is 35.5. The maximum Gasteiger partial charge on any atom is 0.409 e. The van der Waals surface area contributed by atoms with Crippen LogP contribution in [0.15, 0.2) is 23.2 Å². The summed E-state index contributed by atoms with van der Waals surface area (Å²) in [6.07, 6.45) is 0.946. The van der Waals surface area contributed by atoms with Gasteiger partial charge in [0.1, 0.15) is 17.3 Å². The molecule has 0 aliphatic carbocycles. The lowest BCUT2D eigenvalue weighted by molar-refractivity contribution is 0.0873. The average molecular weight is 357 g/mol. The van der Waals surface area contributed by atoms with Gasteiger partial charge in [-0.3, -0.25) is 0 Å². The van der Waals surface area contributed by atoms with Crippen LogP contribution >= 0.6 is 12.4 Å². The van der Waals surface area contributed by atoms with Crippen molar-refractivity contribution in [3.63, 3.8) is 0 Å². The van der Waals surface area contributed by atoms with Crippen LogP contribution in [0, 0.1) is 5.82 Å². The van der Waals surface area contributed by atoms with Gasteiger partial charge in [-0.25, -0.2) is 14.2 Å². The predicted octanol–water partition coefficient (Wildman–Crippen LogP) is 2.35. The van der Waals surface area contributed by atoms with E-state index in [1.54, 1.807) is 17.9 Å². The Labute approximate surface area is 146 Å². The summed E-state index contributed by atoms with van der Waals surface area (Å²) in [5.74, 6) is -0.143. The normalized spacial score (nSPS) is 18.5. The van der Waals surface area contributed by atoms with E-state index in [4.69, 9.17) is 10.5 Å². The first-order valence-corrected chi connectivity index (χ1v) is 7.78. The average Bonchev–Trinajstić information content (AvgIpc) is 2.53. The van der Waals surface area contributed by atoms with Gasteiger partial charge in [0, 0.05) is 33.0 Å². The van der Waals surface area contributed by atoms with E-state index in [9.17, 15) is 9.18 Å². The van der Waals surface area contributed by atoms with Gasteiger partial charge in [-0.2, -0.15) is 0 Å². The van der Waals surface area contributed by atoms with Gasteiger partial charge in [0.15, 0.2) is 0 Å². The molecular weight excluding hydrogens is 335 g/mol. The topological polar surface area (TPSA) is 71.2 Å². The zero-order chi connectivity index (χ0) is 16.6. The molecule has 3 rings (SSSR count). The number of amidine groups is 1. The number of hydrogen-bond donors (Lipinski definition) is 1. The van der Waals surface area contributed by atoms with Crippen molar-refractivity contribution in [3.8, 4) is 0 Å². The van der Waals surface area contributed by atoms with Crippen LogP contribution in [-0.2, 0) is 4.74 Å². The van der Waals surface area contributed by atoms with Crippen LogP contribution in [0.5, 0.6) is 0 Å². The smallest absolute Gasteiger partial charge is 0.409 e. The second kappa shape index (κ2) is 6.84. The Bertz CT molecular complexity index is 659. The Kier molecular flexibility index (Phi) is 5.22. The van der Waals surface area contributed by atoms with E-state index in [1.165, 1.54) is 6.07 Å². The van der Waals surface area contributed by atoms with Crippen molar-refractivity contribution in [2.75, 3.05) is 31.6 Å². The first kappa shape index (κ1) is 18.3. The molecular formula is C16H22ClFN4O2. The first-order chi connectivity index (χ1) is 11.0. The first-order valence-electron chi connectivity index (χ1n) is 7.78. The highest BCUT2D eigenvalue weighted by Gasteiger charge is 2.43. The van der Waals surface area contributed by atoms with Crippen LogP contribution in [0.3, 0.4) is 0 Å². The molecule has 0 atom stereocenters. The minimum atomic E-state index is -0.534. The summed E-state index contributed by atoms with van der Waals surface area (Å²) in [6.45, 7) is 3.21. The molecule has 1 amide bonds. The van der Waals surface area contributed by atoms with Crippen LogP contribution in [0.1, 0.15) is 25.3 Å². The fourth-order valence-electron chi connectivity index (χ4n) is 3.33. The molecule has 1 aromatic carbocycles. The summed E-state index contributed by atoms with van der Waals surface area (Å²) in [5, 5.41) is 0. The highest BCUT2D eigenvalue weighted by molar-refractivity contribution is 6.04. The van der Waals surface area contributed by atoms with Gasteiger partial charge in [-0.1, -0.05) is 6.07 Å². The molecule has 2 heterocycles. The van der Waals surface area contributed by atoms with Crippen molar-refractivity contribution in [1.82, 2.24) is 4.90 Å². The maximum absolute atomic E-state index is 14.0. The van der Waals surface area contributed by atoms with E-state index >= 15 is 0 Å². The van der Waals surface area contributed by atoms with Crippen LogP contribution in [0.4, 0.5) is 14.9 Å². The minimum Gasteiger partial charge on any atom is -0.450 e. The van der Waals surface area contributed by atoms with E-state index in [2.05, 4.69) is 4.99 Å². The summed E-state index contributed by atoms with van der Waals surface area (Å²) in [7, 11) is 1.90. The number of halogens is 2. The lowest BCUT2D eigenvalue weighted by Crippen LogP contribution is -2.57. The second-order valence-electron chi connectivity index (χ2n) is 5.86. The number of carbonyl (C=O) groups excluding carboxylic acids is 1. The molecule has 0 saturated carbocycles. The number of likely N-dealkylation sites (tertiary alicyclic amines) is 1. The standard InChI is InChI=1S/C16H21FN4O2.ClH/c1-3-23-15(22)21-9-7-16(8-10-21)19-14(18)13-11(17)5-4-6-12(13)20(16)2;/h4-6H,3,7-10H2,1-2H3,(H2,18,19);1H. The number of ether oxygens (including phenoxy) is 1. The monoisotopic (exact) mass is 356 g/mol. The summed E-state index contributed by atoms with van der Waals surface area (Å²) in [5.41, 5.74) is 6.59.